The molecular weight excluding hydrogens is 307 g/mol. The van der Waals surface area contributed by atoms with Crippen LogP contribution < -0.4 is 9.47 Å². The third-order valence-electron chi connectivity index (χ3n) is 3.01. The summed E-state index contributed by atoms with van der Waals surface area (Å²) in [6.45, 7) is 5.44. The topological polar surface area (TPSA) is 18.5 Å². The summed E-state index contributed by atoms with van der Waals surface area (Å²) in [6, 6.07) is 9.81. The lowest BCUT2D eigenvalue weighted by molar-refractivity contribution is 0.273. The molecule has 2 rings (SSSR count). The summed E-state index contributed by atoms with van der Waals surface area (Å²) in [6.07, 6.45) is 0.805. The van der Waals surface area contributed by atoms with Gasteiger partial charge in [-0.3, -0.25) is 0 Å². The number of halogens is 2. The summed E-state index contributed by atoms with van der Waals surface area (Å²) in [5, 5.41) is 2.57. The lowest BCUT2D eigenvalue weighted by Gasteiger charge is -2.16. The zero-order valence-corrected chi connectivity index (χ0v) is 13.9. The first-order chi connectivity index (χ1) is 10.1. The summed E-state index contributed by atoms with van der Waals surface area (Å²) in [5.41, 5.74) is 0. The first kappa shape index (κ1) is 16.3. The molecule has 0 N–H and O–H groups in total. The molecule has 0 aliphatic carbocycles. The zero-order valence-electron chi connectivity index (χ0n) is 12.4. The molecule has 0 amide bonds. The molecule has 0 fully saturated rings. The van der Waals surface area contributed by atoms with Crippen LogP contribution >= 0.6 is 23.2 Å². The molecule has 0 saturated heterocycles. The predicted molar refractivity (Wildman–Crippen MR) is 90.1 cm³/mol. The molecule has 0 bridgehead atoms. The van der Waals surface area contributed by atoms with Gasteiger partial charge in [0.2, 0.25) is 0 Å². The molecule has 2 nitrogen and oxygen atoms in total. The van der Waals surface area contributed by atoms with Gasteiger partial charge >= 0.3 is 0 Å². The Morgan fingerprint density at radius 2 is 1.81 bits per heavy atom. The van der Waals surface area contributed by atoms with Gasteiger partial charge in [-0.25, -0.2) is 0 Å². The first-order valence-electron chi connectivity index (χ1n) is 7.16. The van der Waals surface area contributed by atoms with Crippen molar-refractivity contribution in [3.63, 3.8) is 0 Å². The summed E-state index contributed by atoms with van der Waals surface area (Å²) in [5.74, 6) is 2.53. The monoisotopic (exact) mass is 326 g/mol. The standard InChI is InChI=1S/C17H20Cl2O2/c1-12(2)11-21-17-14-7-4-3-6-13(14)16(10-15(17)19)20-9-5-8-18/h3-4,6-7,10,12H,5,8-9,11H2,1-2H3. The van der Waals surface area contributed by atoms with Crippen molar-refractivity contribution in [2.75, 3.05) is 19.1 Å². The molecule has 0 radical (unpaired) electrons. The van der Waals surface area contributed by atoms with Gasteiger partial charge in [-0.2, -0.15) is 0 Å². The molecule has 114 valence electrons. The molecule has 0 aliphatic heterocycles. The van der Waals surface area contributed by atoms with Crippen LogP contribution in [0.5, 0.6) is 11.5 Å². The third-order valence-corrected chi connectivity index (χ3v) is 3.56. The highest BCUT2D eigenvalue weighted by molar-refractivity contribution is 6.33. The van der Waals surface area contributed by atoms with Crippen LogP contribution in [0.15, 0.2) is 30.3 Å². The second-order valence-electron chi connectivity index (χ2n) is 5.33. The summed E-state index contributed by atoms with van der Waals surface area (Å²) in [7, 11) is 0. The second-order valence-corrected chi connectivity index (χ2v) is 6.11. The van der Waals surface area contributed by atoms with Gasteiger partial charge in [0.15, 0.2) is 0 Å². The minimum atomic E-state index is 0.444. The van der Waals surface area contributed by atoms with Crippen molar-refractivity contribution >= 4 is 34.0 Å². The van der Waals surface area contributed by atoms with Crippen LogP contribution in [0.3, 0.4) is 0 Å². The van der Waals surface area contributed by atoms with E-state index in [0.29, 0.717) is 30.0 Å². The molecule has 0 atom stereocenters. The van der Waals surface area contributed by atoms with Crippen LogP contribution in [0, 0.1) is 5.92 Å². The maximum absolute atomic E-state index is 6.37. The van der Waals surface area contributed by atoms with Crippen molar-refractivity contribution in [3.05, 3.63) is 35.4 Å². The lowest BCUT2D eigenvalue weighted by Crippen LogP contribution is -2.06. The normalized spacial score (nSPS) is 11.1. The van der Waals surface area contributed by atoms with Crippen molar-refractivity contribution in [1.29, 1.82) is 0 Å². The molecule has 2 aromatic carbocycles. The molecule has 0 heterocycles. The molecule has 0 spiro atoms. The average Bonchev–Trinajstić information content (AvgIpc) is 2.46. The summed E-state index contributed by atoms with van der Waals surface area (Å²) < 4.78 is 11.7. The number of fused-ring (bicyclic) bond motifs is 1. The molecular formula is C17H20Cl2O2. The van der Waals surface area contributed by atoms with E-state index < -0.39 is 0 Å². The number of benzene rings is 2. The van der Waals surface area contributed by atoms with Crippen LogP contribution in [-0.4, -0.2) is 19.1 Å². The molecule has 0 saturated carbocycles. The van der Waals surface area contributed by atoms with Crippen LogP contribution in [0.4, 0.5) is 0 Å². The van der Waals surface area contributed by atoms with Gasteiger partial charge in [-0.1, -0.05) is 49.7 Å². The zero-order chi connectivity index (χ0) is 15.2. The number of hydrogen-bond acceptors (Lipinski definition) is 2. The number of hydrogen-bond donors (Lipinski definition) is 0. The van der Waals surface area contributed by atoms with Gasteiger partial charge in [0.25, 0.3) is 0 Å². The van der Waals surface area contributed by atoms with E-state index in [-0.39, 0.29) is 0 Å². The van der Waals surface area contributed by atoms with Crippen LogP contribution in [0.25, 0.3) is 10.8 Å². The van der Waals surface area contributed by atoms with Gasteiger partial charge in [0.05, 0.1) is 18.2 Å². The molecule has 4 heteroatoms. The van der Waals surface area contributed by atoms with Crippen LogP contribution in [0.2, 0.25) is 5.02 Å². The fourth-order valence-electron chi connectivity index (χ4n) is 2.04. The highest BCUT2D eigenvalue weighted by Gasteiger charge is 2.13. The summed E-state index contributed by atoms with van der Waals surface area (Å²) >= 11 is 12.1. The van der Waals surface area contributed by atoms with Gasteiger partial charge in [0, 0.05) is 22.7 Å². The smallest absolute Gasteiger partial charge is 0.145 e. The van der Waals surface area contributed by atoms with Crippen molar-refractivity contribution in [3.8, 4) is 11.5 Å². The van der Waals surface area contributed by atoms with Crippen molar-refractivity contribution in [2.45, 2.75) is 20.3 Å². The maximum atomic E-state index is 6.37. The van der Waals surface area contributed by atoms with E-state index in [9.17, 15) is 0 Å². The Hall–Kier alpha value is -1.12. The number of ether oxygens (including phenoxy) is 2. The Morgan fingerprint density at radius 3 is 2.48 bits per heavy atom. The van der Waals surface area contributed by atoms with E-state index in [1.807, 2.05) is 30.3 Å². The van der Waals surface area contributed by atoms with Crippen LogP contribution in [-0.2, 0) is 0 Å². The van der Waals surface area contributed by atoms with Gasteiger partial charge in [-0.05, 0) is 12.3 Å². The van der Waals surface area contributed by atoms with E-state index in [4.69, 9.17) is 32.7 Å². The highest BCUT2D eigenvalue weighted by Crippen LogP contribution is 2.39. The quantitative estimate of drug-likeness (QED) is 0.491. The number of rotatable bonds is 7. The van der Waals surface area contributed by atoms with E-state index in [1.165, 1.54) is 0 Å². The third kappa shape index (κ3) is 4.18. The van der Waals surface area contributed by atoms with Crippen LogP contribution in [0.1, 0.15) is 20.3 Å². The fraction of sp³-hybridized carbons (Fsp3) is 0.412. The van der Waals surface area contributed by atoms with E-state index in [2.05, 4.69) is 13.8 Å². The largest absolute Gasteiger partial charge is 0.493 e. The Labute approximate surface area is 136 Å². The van der Waals surface area contributed by atoms with E-state index in [0.717, 1.165) is 28.7 Å². The van der Waals surface area contributed by atoms with Gasteiger partial charge < -0.3 is 9.47 Å². The predicted octanol–water partition coefficient (Wildman–Crippen LogP) is 5.54. The van der Waals surface area contributed by atoms with E-state index >= 15 is 0 Å². The Bertz CT molecular complexity index is 597. The maximum Gasteiger partial charge on any atom is 0.145 e. The molecule has 2 aromatic rings. The Kier molecular flexibility index (Phi) is 6.01. The van der Waals surface area contributed by atoms with Crippen molar-refractivity contribution < 1.29 is 9.47 Å². The Balaban J connectivity index is 2.38. The average molecular weight is 327 g/mol. The van der Waals surface area contributed by atoms with Crippen molar-refractivity contribution in [2.24, 2.45) is 5.92 Å². The van der Waals surface area contributed by atoms with Gasteiger partial charge in [-0.15, -0.1) is 11.6 Å². The summed E-state index contributed by atoms with van der Waals surface area (Å²) in [4.78, 5) is 0. The first-order valence-corrected chi connectivity index (χ1v) is 8.07. The van der Waals surface area contributed by atoms with Crippen molar-refractivity contribution in [1.82, 2.24) is 0 Å². The minimum absolute atomic E-state index is 0.444. The lowest BCUT2D eigenvalue weighted by atomic mass is 10.1. The second kappa shape index (κ2) is 7.77. The minimum Gasteiger partial charge on any atom is -0.493 e. The molecule has 0 aromatic heterocycles. The van der Waals surface area contributed by atoms with E-state index in [1.54, 1.807) is 0 Å². The molecule has 0 aliphatic rings. The molecule has 0 unspecified atom stereocenters. The number of alkyl halides is 1. The Morgan fingerprint density at radius 1 is 1.10 bits per heavy atom. The SMILES string of the molecule is CC(C)COc1c(Cl)cc(OCCCCl)c2ccccc12. The van der Waals surface area contributed by atoms with Gasteiger partial charge in [0.1, 0.15) is 11.5 Å². The highest BCUT2D eigenvalue weighted by atomic mass is 35.5. The molecule has 21 heavy (non-hydrogen) atoms. The fourth-order valence-corrected chi connectivity index (χ4v) is 2.40.